The highest BCUT2D eigenvalue weighted by Crippen LogP contribution is 2.49. The fourth-order valence-corrected chi connectivity index (χ4v) is 3.70. The molecule has 2 aromatic rings. The highest BCUT2D eigenvalue weighted by atomic mass is 16.2. The third-order valence-corrected chi connectivity index (χ3v) is 4.92. The van der Waals surface area contributed by atoms with E-state index in [1.54, 1.807) is 6.20 Å². The number of nitrogens with one attached hydrogen (secondary N) is 2. The van der Waals surface area contributed by atoms with E-state index in [4.69, 9.17) is 0 Å². The van der Waals surface area contributed by atoms with E-state index in [0.29, 0.717) is 11.8 Å². The van der Waals surface area contributed by atoms with Crippen LogP contribution in [0.1, 0.15) is 19.4 Å². The van der Waals surface area contributed by atoms with Gasteiger partial charge in [-0.2, -0.15) is 0 Å². The zero-order chi connectivity index (χ0) is 14.6. The molecule has 5 heteroatoms. The minimum Gasteiger partial charge on any atom is -0.347 e. The Hall–Kier alpha value is -1.88. The number of nitrogens with zero attached hydrogens (tertiary/aromatic N) is 2. The molecule has 0 spiro atoms. The number of pyridine rings is 1. The minimum atomic E-state index is -0.421. The number of fused-ring (bicyclic) bond motifs is 2. The van der Waals surface area contributed by atoms with Gasteiger partial charge in [-0.3, -0.25) is 4.79 Å². The molecule has 1 unspecified atom stereocenters. The monoisotopic (exact) mass is 284 g/mol. The number of rotatable bonds is 3. The van der Waals surface area contributed by atoms with Crippen LogP contribution in [0.2, 0.25) is 0 Å². The van der Waals surface area contributed by atoms with Crippen molar-refractivity contribution >= 4 is 11.6 Å². The lowest BCUT2D eigenvalue weighted by atomic mass is 9.94. The molecule has 2 aromatic heterocycles. The maximum Gasteiger partial charge on any atom is 0.224 e. The van der Waals surface area contributed by atoms with Gasteiger partial charge in [-0.15, -0.1) is 0 Å². The van der Waals surface area contributed by atoms with Crippen molar-refractivity contribution in [1.29, 1.82) is 0 Å². The Morgan fingerprint density at radius 2 is 2.14 bits per heavy atom. The average Bonchev–Trinajstić information content (AvgIpc) is 2.84. The molecule has 0 radical (unpaired) electrons. The van der Waals surface area contributed by atoms with E-state index in [2.05, 4.69) is 15.6 Å². The van der Waals surface area contributed by atoms with Crippen molar-refractivity contribution in [2.24, 2.45) is 17.8 Å². The van der Waals surface area contributed by atoms with Gasteiger partial charge in [-0.25, -0.2) is 4.98 Å². The van der Waals surface area contributed by atoms with Gasteiger partial charge in [-0.05, 0) is 44.8 Å². The molecule has 110 valence electrons. The Morgan fingerprint density at radius 1 is 1.38 bits per heavy atom. The van der Waals surface area contributed by atoms with E-state index in [9.17, 15) is 4.79 Å². The van der Waals surface area contributed by atoms with Crippen molar-refractivity contribution in [2.75, 3.05) is 13.1 Å². The molecule has 2 fully saturated rings. The van der Waals surface area contributed by atoms with Crippen LogP contribution in [-0.2, 0) is 10.3 Å². The Morgan fingerprint density at radius 3 is 2.90 bits per heavy atom. The number of hydrogen-bond acceptors (Lipinski definition) is 3. The first-order valence-electron chi connectivity index (χ1n) is 7.53. The van der Waals surface area contributed by atoms with Gasteiger partial charge in [0.15, 0.2) is 0 Å². The van der Waals surface area contributed by atoms with Crippen molar-refractivity contribution in [3.63, 3.8) is 0 Å². The Kier molecular flexibility index (Phi) is 2.63. The van der Waals surface area contributed by atoms with Gasteiger partial charge < -0.3 is 15.0 Å². The molecule has 1 saturated carbocycles. The van der Waals surface area contributed by atoms with Crippen molar-refractivity contribution in [3.8, 4) is 0 Å². The maximum absolute atomic E-state index is 12.5. The van der Waals surface area contributed by atoms with Crippen LogP contribution in [0, 0.1) is 17.8 Å². The van der Waals surface area contributed by atoms with Crippen LogP contribution in [0.25, 0.3) is 5.65 Å². The van der Waals surface area contributed by atoms with Gasteiger partial charge in [0.1, 0.15) is 5.65 Å². The number of hydrogen-bond donors (Lipinski definition) is 2. The van der Waals surface area contributed by atoms with Crippen molar-refractivity contribution in [3.05, 3.63) is 36.3 Å². The first kappa shape index (κ1) is 12.8. The highest BCUT2D eigenvalue weighted by molar-refractivity contribution is 5.83. The van der Waals surface area contributed by atoms with Gasteiger partial charge >= 0.3 is 0 Å². The summed E-state index contributed by atoms with van der Waals surface area (Å²) in [6, 6.07) is 4.03. The number of aromatic nitrogens is 2. The Balaban J connectivity index is 1.58. The summed E-state index contributed by atoms with van der Waals surface area (Å²) in [5.74, 6) is 1.47. The molecule has 2 aliphatic rings. The van der Waals surface area contributed by atoms with Crippen LogP contribution in [0.3, 0.4) is 0 Å². The predicted octanol–water partition coefficient (Wildman–Crippen LogP) is 1.15. The number of imidazole rings is 1. The highest BCUT2D eigenvalue weighted by Gasteiger charge is 2.57. The van der Waals surface area contributed by atoms with Crippen LogP contribution in [0.5, 0.6) is 0 Å². The van der Waals surface area contributed by atoms with E-state index < -0.39 is 5.54 Å². The number of carbonyl (C=O) groups excluding carboxylic acids is 1. The van der Waals surface area contributed by atoms with Crippen molar-refractivity contribution in [2.45, 2.75) is 19.4 Å². The van der Waals surface area contributed by atoms with Crippen LogP contribution in [0.4, 0.5) is 0 Å². The quantitative estimate of drug-likeness (QED) is 0.889. The van der Waals surface area contributed by atoms with Gasteiger partial charge in [0, 0.05) is 30.1 Å². The van der Waals surface area contributed by atoms with Gasteiger partial charge in [0.25, 0.3) is 0 Å². The summed E-state index contributed by atoms with van der Waals surface area (Å²) in [6.07, 6.45) is 5.68. The molecule has 1 aliphatic heterocycles. The second-order valence-corrected chi connectivity index (χ2v) is 6.71. The molecule has 2 N–H and O–H groups in total. The third kappa shape index (κ3) is 1.95. The van der Waals surface area contributed by atoms with E-state index in [-0.39, 0.29) is 11.8 Å². The fraction of sp³-hybridized carbons (Fsp3) is 0.500. The van der Waals surface area contributed by atoms with Gasteiger partial charge in [-0.1, -0.05) is 6.07 Å². The van der Waals surface area contributed by atoms with E-state index >= 15 is 0 Å². The first-order valence-corrected chi connectivity index (χ1v) is 7.53. The zero-order valence-corrected chi connectivity index (χ0v) is 12.3. The summed E-state index contributed by atoms with van der Waals surface area (Å²) in [5.41, 5.74) is 1.53. The molecule has 3 atom stereocenters. The van der Waals surface area contributed by atoms with Crippen LogP contribution in [0.15, 0.2) is 30.7 Å². The average molecular weight is 284 g/mol. The second kappa shape index (κ2) is 4.31. The molecule has 0 aromatic carbocycles. The number of piperidine rings is 1. The molecule has 1 aliphatic carbocycles. The Bertz CT molecular complexity index is 695. The molecule has 21 heavy (non-hydrogen) atoms. The summed E-state index contributed by atoms with van der Waals surface area (Å²) < 4.78 is 1.99. The topological polar surface area (TPSA) is 58.4 Å². The SMILES string of the molecule is CC(C)(NC(=O)C1[C@H]2CNC[C@@H]12)c1cccn2ccnc12. The molecular formula is C16H20N4O. The fourth-order valence-electron chi connectivity index (χ4n) is 3.70. The van der Waals surface area contributed by atoms with E-state index in [1.165, 1.54) is 0 Å². The zero-order valence-electron chi connectivity index (χ0n) is 12.3. The van der Waals surface area contributed by atoms with Crippen molar-refractivity contribution < 1.29 is 4.79 Å². The molecule has 4 rings (SSSR count). The number of carbonyl (C=O) groups is 1. The predicted molar refractivity (Wildman–Crippen MR) is 79.7 cm³/mol. The first-order chi connectivity index (χ1) is 10.1. The Labute approximate surface area is 123 Å². The van der Waals surface area contributed by atoms with Crippen LogP contribution >= 0.6 is 0 Å². The normalized spacial score (nSPS) is 27.6. The van der Waals surface area contributed by atoms with Crippen LogP contribution < -0.4 is 10.6 Å². The lowest BCUT2D eigenvalue weighted by molar-refractivity contribution is -0.124. The smallest absolute Gasteiger partial charge is 0.224 e. The molecule has 0 bridgehead atoms. The molecule has 3 heterocycles. The molecule has 1 amide bonds. The van der Waals surface area contributed by atoms with Crippen LogP contribution in [-0.4, -0.2) is 28.4 Å². The van der Waals surface area contributed by atoms with Gasteiger partial charge in [0.2, 0.25) is 5.91 Å². The third-order valence-electron chi connectivity index (χ3n) is 4.92. The molecular weight excluding hydrogens is 264 g/mol. The standard InChI is InChI=1S/C16H20N4O/c1-16(2,12-4-3-6-20-7-5-18-14(12)20)19-15(21)13-10-8-17-9-11(10)13/h3-7,10-11,13,17H,8-9H2,1-2H3,(H,19,21)/t10-,11+,13?. The summed E-state index contributed by atoms with van der Waals surface area (Å²) in [7, 11) is 0. The largest absolute Gasteiger partial charge is 0.347 e. The van der Waals surface area contributed by atoms with Gasteiger partial charge in [0.05, 0.1) is 5.54 Å². The summed E-state index contributed by atoms with van der Waals surface area (Å²) in [4.78, 5) is 16.9. The molecule has 5 nitrogen and oxygen atoms in total. The lowest BCUT2D eigenvalue weighted by Gasteiger charge is -2.27. The van der Waals surface area contributed by atoms with E-state index in [0.717, 1.165) is 24.3 Å². The number of amides is 1. The van der Waals surface area contributed by atoms with E-state index in [1.807, 2.05) is 42.8 Å². The minimum absolute atomic E-state index is 0.185. The summed E-state index contributed by atoms with van der Waals surface area (Å²) in [5, 5.41) is 6.55. The maximum atomic E-state index is 12.5. The lowest BCUT2D eigenvalue weighted by Crippen LogP contribution is -2.43. The summed E-state index contributed by atoms with van der Waals surface area (Å²) >= 11 is 0. The molecule has 1 saturated heterocycles. The second-order valence-electron chi connectivity index (χ2n) is 6.71. The van der Waals surface area contributed by atoms with Crippen molar-refractivity contribution in [1.82, 2.24) is 20.0 Å². The summed E-state index contributed by atoms with van der Waals surface area (Å²) in [6.45, 7) is 6.06.